The Bertz CT molecular complexity index is 1110. The van der Waals surface area contributed by atoms with Gasteiger partial charge in [-0.05, 0) is 35.9 Å². The number of carbonyl (C=O) groups excluding carboxylic acids is 1. The highest BCUT2D eigenvalue weighted by Crippen LogP contribution is 2.32. The van der Waals surface area contributed by atoms with Crippen molar-refractivity contribution in [2.24, 2.45) is 0 Å². The fourth-order valence-electron chi connectivity index (χ4n) is 2.95. The molecule has 0 spiro atoms. The van der Waals surface area contributed by atoms with Gasteiger partial charge in [0.2, 0.25) is 5.91 Å². The third kappa shape index (κ3) is 5.77. The van der Waals surface area contributed by atoms with Gasteiger partial charge in [-0.3, -0.25) is 9.63 Å². The van der Waals surface area contributed by atoms with Crippen molar-refractivity contribution in [1.82, 2.24) is 10.4 Å². The van der Waals surface area contributed by atoms with Crippen LogP contribution in [0.4, 0.5) is 0 Å². The molecule has 5 nitrogen and oxygen atoms in total. The lowest BCUT2D eigenvalue weighted by molar-refractivity contribution is -0.134. The predicted molar refractivity (Wildman–Crippen MR) is 128 cm³/mol. The van der Waals surface area contributed by atoms with Gasteiger partial charge < -0.3 is 9.73 Å². The Balaban J connectivity index is 1.32. The second-order valence-electron chi connectivity index (χ2n) is 6.73. The maximum absolute atomic E-state index is 12.2. The number of carbonyl (C=O) groups is 1. The lowest BCUT2D eigenvalue weighted by Crippen LogP contribution is -2.41. The van der Waals surface area contributed by atoms with Gasteiger partial charge >= 0.3 is 0 Å². The second-order valence-corrected chi connectivity index (χ2v) is 8.90. The summed E-state index contributed by atoms with van der Waals surface area (Å²) in [4.78, 5) is 18.8. The highest BCUT2D eigenvalue weighted by atomic mass is 35.5. The van der Waals surface area contributed by atoms with Crippen molar-refractivity contribution in [2.75, 3.05) is 13.2 Å². The molecular weight excluding hydrogens is 452 g/mol. The van der Waals surface area contributed by atoms with Crippen molar-refractivity contribution in [3.8, 4) is 11.3 Å². The van der Waals surface area contributed by atoms with E-state index in [4.69, 9.17) is 33.1 Å². The molecule has 1 fully saturated rings. The minimum atomic E-state index is -0.158. The highest BCUT2D eigenvalue weighted by molar-refractivity contribution is 8.25. The number of thioether (sulfide) groups is 1. The topological polar surface area (TPSA) is 54.7 Å². The van der Waals surface area contributed by atoms with E-state index in [2.05, 4.69) is 5.32 Å². The molecule has 8 heteroatoms. The Morgan fingerprint density at radius 2 is 1.90 bits per heavy atom. The molecule has 3 aromatic rings. The summed E-state index contributed by atoms with van der Waals surface area (Å²) in [5.74, 6) is 1.21. The summed E-state index contributed by atoms with van der Waals surface area (Å²) < 4.78 is 6.38. The maximum atomic E-state index is 12.2. The van der Waals surface area contributed by atoms with Crippen LogP contribution in [-0.4, -0.2) is 28.4 Å². The van der Waals surface area contributed by atoms with Gasteiger partial charge in [0.15, 0.2) is 4.32 Å². The number of hydrogen-bond acceptors (Lipinski definition) is 5. The van der Waals surface area contributed by atoms with Gasteiger partial charge in [-0.2, -0.15) is 0 Å². The molecule has 1 aromatic heterocycles. The molecule has 0 radical (unpaired) electrons. The molecule has 31 heavy (non-hydrogen) atoms. The number of nitrogens with one attached hydrogen (secondary N) is 1. The van der Waals surface area contributed by atoms with E-state index in [9.17, 15) is 4.79 Å². The zero-order valence-electron chi connectivity index (χ0n) is 16.4. The summed E-state index contributed by atoms with van der Waals surface area (Å²) in [5.41, 5.74) is 1.87. The normalized spacial score (nSPS) is 15.3. The predicted octanol–water partition coefficient (Wildman–Crippen LogP) is 5.52. The van der Waals surface area contributed by atoms with E-state index in [0.29, 0.717) is 34.0 Å². The third-order valence-electron chi connectivity index (χ3n) is 4.47. The first-order valence-electron chi connectivity index (χ1n) is 9.57. The number of amides is 1. The van der Waals surface area contributed by atoms with Crippen LogP contribution in [0, 0.1) is 0 Å². The number of rotatable bonds is 6. The van der Waals surface area contributed by atoms with E-state index in [0.717, 1.165) is 16.0 Å². The van der Waals surface area contributed by atoms with Gasteiger partial charge in [0.05, 0.1) is 5.02 Å². The van der Waals surface area contributed by atoms with Gasteiger partial charge in [0.25, 0.3) is 0 Å². The van der Waals surface area contributed by atoms with Crippen molar-refractivity contribution in [1.29, 1.82) is 0 Å². The van der Waals surface area contributed by atoms with Crippen molar-refractivity contribution in [3.05, 3.63) is 88.0 Å². The molecule has 4 rings (SSSR count). The summed E-state index contributed by atoms with van der Waals surface area (Å²) in [5, 5.41) is 4.94. The third-order valence-corrected chi connectivity index (χ3v) is 6.13. The van der Waals surface area contributed by atoms with Gasteiger partial charge in [-0.15, -0.1) is 0 Å². The van der Waals surface area contributed by atoms with E-state index in [1.54, 1.807) is 0 Å². The van der Waals surface area contributed by atoms with E-state index < -0.39 is 0 Å². The molecule has 0 aliphatic carbocycles. The van der Waals surface area contributed by atoms with Crippen molar-refractivity contribution in [3.63, 3.8) is 0 Å². The van der Waals surface area contributed by atoms with Crippen LogP contribution in [0.1, 0.15) is 11.3 Å². The average molecular weight is 471 g/mol. The van der Waals surface area contributed by atoms with Gasteiger partial charge in [0, 0.05) is 17.0 Å². The quantitative estimate of drug-likeness (QED) is 0.478. The van der Waals surface area contributed by atoms with Crippen LogP contribution in [0.15, 0.2) is 76.1 Å². The minimum Gasteiger partial charge on any atom is -0.457 e. The van der Waals surface area contributed by atoms with Gasteiger partial charge in [-0.1, -0.05) is 78.0 Å². The Morgan fingerprint density at radius 1 is 1.13 bits per heavy atom. The molecule has 1 aliphatic rings. The largest absolute Gasteiger partial charge is 0.457 e. The fraction of sp³-hybridized carbons (Fsp3) is 0.130. The summed E-state index contributed by atoms with van der Waals surface area (Å²) in [7, 11) is 0. The molecule has 158 valence electrons. The first-order chi connectivity index (χ1) is 15.1. The van der Waals surface area contributed by atoms with Gasteiger partial charge in [0.1, 0.15) is 24.7 Å². The molecule has 1 saturated heterocycles. The minimum absolute atomic E-state index is 0.0450. The highest BCUT2D eigenvalue weighted by Gasteiger charge is 2.23. The number of thiocarbonyl (C=S) groups is 1. The fourth-order valence-corrected chi connectivity index (χ4v) is 4.34. The summed E-state index contributed by atoms with van der Waals surface area (Å²) in [6.45, 7) is 0.813. The molecule has 2 aromatic carbocycles. The van der Waals surface area contributed by atoms with Crippen LogP contribution in [0.2, 0.25) is 5.02 Å². The number of furan rings is 1. The Kier molecular flexibility index (Phi) is 7.09. The van der Waals surface area contributed by atoms with Gasteiger partial charge in [-0.25, -0.2) is 5.06 Å². The SMILES string of the molecule is O=C(CN1OC/C(=C/c2ccc(-c3ccccc3Cl)o2)SC1=S)NCc1ccccc1. The summed E-state index contributed by atoms with van der Waals surface area (Å²) in [6, 6.07) is 21.0. The molecule has 0 unspecified atom stereocenters. The molecule has 0 atom stereocenters. The van der Waals surface area contributed by atoms with E-state index in [1.165, 1.54) is 16.8 Å². The Hall–Kier alpha value is -2.58. The molecule has 1 N–H and O–H groups in total. The van der Waals surface area contributed by atoms with Crippen LogP contribution in [0.5, 0.6) is 0 Å². The van der Waals surface area contributed by atoms with Crippen LogP contribution in [-0.2, 0) is 16.2 Å². The molecule has 1 amide bonds. The Labute approximate surface area is 195 Å². The summed E-state index contributed by atoms with van der Waals surface area (Å²) in [6.07, 6.45) is 1.88. The van der Waals surface area contributed by atoms with E-state index in [-0.39, 0.29) is 12.5 Å². The van der Waals surface area contributed by atoms with Crippen LogP contribution in [0.25, 0.3) is 17.4 Å². The first-order valence-corrected chi connectivity index (χ1v) is 11.2. The number of benzene rings is 2. The smallest absolute Gasteiger partial charge is 0.242 e. The van der Waals surface area contributed by atoms with Crippen molar-refractivity contribution in [2.45, 2.75) is 6.54 Å². The monoisotopic (exact) mass is 470 g/mol. The molecule has 0 saturated carbocycles. The maximum Gasteiger partial charge on any atom is 0.242 e. The zero-order chi connectivity index (χ0) is 21.6. The number of nitrogens with zero attached hydrogens (tertiary/aromatic N) is 1. The molecule has 1 aliphatic heterocycles. The number of hydroxylamine groups is 2. The molecular formula is C23H19ClN2O3S2. The zero-order valence-corrected chi connectivity index (χ0v) is 18.8. The summed E-state index contributed by atoms with van der Waals surface area (Å²) >= 11 is 13.0. The average Bonchev–Trinajstić information content (AvgIpc) is 3.23. The second kappa shape index (κ2) is 10.2. The Morgan fingerprint density at radius 3 is 2.68 bits per heavy atom. The molecule has 0 bridgehead atoms. The van der Waals surface area contributed by atoms with E-state index >= 15 is 0 Å². The number of hydrogen-bond donors (Lipinski definition) is 1. The first kappa shape index (κ1) is 21.6. The van der Waals surface area contributed by atoms with Crippen LogP contribution in [0.3, 0.4) is 0 Å². The molecule has 2 heterocycles. The van der Waals surface area contributed by atoms with Crippen molar-refractivity contribution < 1.29 is 14.0 Å². The van der Waals surface area contributed by atoms with E-state index in [1.807, 2.05) is 72.8 Å². The lowest BCUT2D eigenvalue weighted by atomic mass is 10.2. The standard InChI is InChI=1S/C23H19ClN2O3S2/c24-20-9-5-4-8-19(20)21-11-10-17(29-21)12-18-15-28-26(23(30)31-18)14-22(27)25-13-16-6-2-1-3-7-16/h1-12H,13-15H2,(H,25,27)/b18-12-. The lowest BCUT2D eigenvalue weighted by Gasteiger charge is -2.28. The van der Waals surface area contributed by atoms with Crippen LogP contribution < -0.4 is 5.32 Å². The number of halogens is 1. The van der Waals surface area contributed by atoms with Crippen molar-refractivity contribution >= 4 is 51.9 Å². The van der Waals surface area contributed by atoms with Crippen LogP contribution >= 0.6 is 35.6 Å².